The zero-order valence-electron chi connectivity index (χ0n) is 11.9. The number of benzene rings is 1. The summed E-state index contributed by atoms with van der Waals surface area (Å²) in [6.45, 7) is 5.64. The molecule has 0 saturated carbocycles. The van der Waals surface area contributed by atoms with Crippen LogP contribution in [0.3, 0.4) is 0 Å². The van der Waals surface area contributed by atoms with Crippen LogP contribution in [0.2, 0.25) is 0 Å². The van der Waals surface area contributed by atoms with Gasteiger partial charge in [-0.25, -0.2) is 4.39 Å². The van der Waals surface area contributed by atoms with E-state index in [4.69, 9.17) is 0 Å². The average molecular weight is 291 g/mol. The molecule has 0 bridgehead atoms. The second-order valence-corrected chi connectivity index (χ2v) is 6.40. The number of hydrogen-bond acceptors (Lipinski definition) is 2. The summed E-state index contributed by atoms with van der Waals surface area (Å²) in [6.07, 6.45) is 0.762. The molecule has 0 aliphatic rings. The zero-order valence-corrected chi connectivity index (χ0v) is 12.7. The van der Waals surface area contributed by atoms with Gasteiger partial charge < -0.3 is 5.32 Å². The van der Waals surface area contributed by atoms with Crippen molar-refractivity contribution in [3.8, 4) is 0 Å². The molecule has 0 saturated heterocycles. The molecule has 2 nitrogen and oxygen atoms in total. The first-order valence-corrected chi connectivity index (χ1v) is 7.40. The molecular formula is C16H18FNOS. The van der Waals surface area contributed by atoms with Crippen LogP contribution in [0.5, 0.6) is 0 Å². The Hall–Kier alpha value is -1.68. The first-order valence-electron chi connectivity index (χ1n) is 6.58. The van der Waals surface area contributed by atoms with Gasteiger partial charge >= 0.3 is 0 Å². The number of halogens is 1. The summed E-state index contributed by atoms with van der Waals surface area (Å²) in [6, 6.07) is 8.97. The van der Waals surface area contributed by atoms with E-state index in [0.29, 0.717) is 5.56 Å². The lowest BCUT2D eigenvalue weighted by molar-refractivity contribution is 0.0936. The minimum absolute atomic E-state index is 0.0273. The van der Waals surface area contributed by atoms with Gasteiger partial charge in [-0.05, 0) is 44.5 Å². The van der Waals surface area contributed by atoms with Gasteiger partial charge in [-0.15, -0.1) is 11.3 Å². The lowest BCUT2D eigenvalue weighted by Crippen LogP contribution is -2.34. The monoisotopic (exact) mass is 291 g/mol. The number of nitrogens with one attached hydrogen (secondary N) is 1. The summed E-state index contributed by atoms with van der Waals surface area (Å²) in [4.78, 5) is 14.6. The summed E-state index contributed by atoms with van der Waals surface area (Å²) in [7, 11) is 0. The minimum atomic E-state index is -0.441. The Balaban J connectivity index is 2.02. The second kappa shape index (κ2) is 6.18. The fourth-order valence-electron chi connectivity index (χ4n) is 2.07. The fraction of sp³-hybridized carbons (Fsp3) is 0.312. The van der Waals surface area contributed by atoms with Crippen molar-refractivity contribution in [3.05, 3.63) is 57.0 Å². The predicted molar refractivity (Wildman–Crippen MR) is 80.8 cm³/mol. The highest BCUT2D eigenvalue weighted by Crippen LogP contribution is 2.17. The largest absolute Gasteiger partial charge is 0.349 e. The smallest absolute Gasteiger partial charge is 0.254 e. The molecule has 1 aromatic heterocycles. The Morgan fingerprint density at radius 2 is 2.05 bits per heavy atom. The van der Waals surface area contributed by atoms with Gasteiger partial charge in [0, 0.05) is 22.2 Å². The van der Waals surface area contributed by atoms with Gasteiger partial charge in [0.05, 0.1) is 5.56 Å². The van der Waals surface area contributed by atoms with Crippen molar-refractivity contribution in [1.82, 2.24) is 5.32 Å². The Labute approximate surface area is 122 Å². The van der Waals surface area contributed by atoms with Crippen molar-refractivity contribution >= 4 is 17.2 Å². The van der Waals surface area contributed by atoms with Crippen molar-refractivity contribution < 1.29 is 9.18 Å². The third kappa shape index (κ3) is 3.45. The van der Waals surface area contributed by atoms with Crippen LogP contribution in [0.25, 0.3) is 0 Å². The maximum atomic E-state index is 13.9. The number of amides is 1. The van der Waals surface area contributed by atoms with Crippen molar-refractivity contribution in [2.75, 3.05) is 0 Å². The molecule has 1 N–H and O–H groups in total. The number of carbonyl (C=O) groups excluding carboxylic acids is 1. The van der Waals surface area contributed by atoms with Gasteiger partial charge in [-0.2, -0.15) is 0 Å². The van der Waals surface area contributed by atoms with E-state index in [9.17, 15) is 9.18 Å². The van der Waals surface area contributed by atoms with Gasteiger partial charge in [0.15, 0.2) is 0 Å². The lowest BCUT2D eigenvalue weighted by Gasteiger charge is -2.13. The van der Waals surface area contributed by atoms with Gasteiger partial charge in [-0.3, -0.25) is 4.79 Å². The molecule has 20 heavy (non-hydrogen) atoms. The van der Waals surface area contributed by atoms with E-state index >= 15 is 0 Å². The number of aryl methyl sites for hydroxylation is 2. The highest BCUT2D eigenvalue weighted by Gasteiger charge is 2.15. The summed E-state index contributed by atoms with van der Waals surface area (Å²) in [5.41, 5.74) is 0.596. The number of rotatable bonds is 4. The molecule has 0 aliphatic heterocycles. The second-order valence-electron chi connectivity index (χ2n) is 5.03. The van der Waals surface area contributed by atoms with Gasteiger partial charge in [0.25, 0.3) is 5.91 Å². The first-order chi connectivity index (χ1) is 9.47. The molecule has 2 rings (SSSR count). The third-order valence-corrected chi connectivity index (χ3v) is 4.14. The van der Waals surface area contributed by atoms with Crippen molar-refractivity contribution in [2.24, 2.45) is 0 Å². The lowest BCUT2D eigenvalue weighted by atomic mass is 10.1. The standard InChI is InChI=1S/C16H18FNOS/c1-10-5-4-6-14(15(10)17)16(19)18-11(2)9-13-8-7-12(3)20-13/h4-8,11H,9H2,1-3H3,(H,18,19). The van der Waals surface area contributed by atoms with Gasteiger partial charge in [-0.1, -0.05) is 12.1 Å². The molecule has 0 fully saturated rings. The molecule has 0 radical (unpaired) electrons. The van der Waals surface area contributed by atoms with E-state index < -0.39 is 5.82 Å². The molecule has 0 spiro atoms. The van der Waals surface area contributed by atoms with E-state index in [1.807, 2.05) is 6.92 Å². The van der Waals surface area contributed by atoms with Crippen molar-refractivity contribution in [3.63, 3.8) is 0 Å². The summed E-state index contributed by atoms with van der Waals surface area (Å²) in [5, 5.41) is 2.85. The number of carbonyl (C=O) groups is 1. The van der Waals surface area contributed by atoms with Crippen LogP contribution in [0.1, 0.15) is 32.6 Å². The Morgan fingerprint density at radius 3 is 2.70 bits per heavy atom. The minimum Gasteiger partial charge on any atom is -0.349 e. The predicted octanol–water partition coefficient (Wildman–Crippen LogP) is 3.87. The highest BCUT2D eigenvalue weighted by molar-refractivity contribution is 7.11. The van der Waals surface area contributed by atoms with Gasteiger partial charge in [0.1, 0.15) is 5.82 Å². The molecule has 4 heteroatoms. The van der Waals surface area contributed by atoms with E-state index in [2.05, 4.69) is 24.4 Å². The Bertz CT molecular complexity index is 621. The molecular weight excluding hydrogens is 273 g/mol. The normalized spacial score (nSPS) is 12.2. The topological polar surface area (TPSA) is 29.1 Å². The molecule has 106 valence electrons. The van der Waals surface area contributed by atoms with Crippen LogP contribution >= 0.6 is 11.3 Å². The molecule has 1 amide bonds. The fourth-order valence-corrected chi connectivity index (χ4v) is 3.09. The molecule has 0 aliphatic carbocycles. The van der Waals surface area contributed by atoms with E-state index in [1.165, 1.54) is 15.8 Å². The zero-order chi connectivity index (χ0) is 14.7. The summed E-state index contributed by atoms with van der Waals surface area (Å²) in [5.74, 6) is -0.795. The molecule has 1 aromatic carbocycles. The molecule has 1 atom stereocenters. The van der Waals surface area contributed by atoms with E-state index in [1.54, 1.807) is 30.4 Å². The molecule has 1 heterocycles. The first kappa shape index (κ1) is 14.7. The van der Waals surface area contributed by atoms with Crippen LogP contribution < -0.4 is 5.32 Å². The van der Waals surface area contributed by atoms with Gasteiger partial charge in [0.2, 0.25) is 0 Å². The quantitative estimate of drug-likeness (QED) is 0.910. The SMILES string of the molecule is Cc1ccc(CC(C)NC(=O)c2cccc(C)c2F)s1. The summed E-state index contributed by atoms with van der Waals surface area (Å²) >= 11 is 1.72. The van der Waals surface area contributed by atoms with E-state index in [0.717, 1.165) is 6.42 Å². The molecule has 2 aromatic rings. The van der Waals surface area contributed by atoms with Crippen molar-refractivity contribution in [2.45, 2.75) is 33.2 Å². The maximum absolute atomic E-state index is 13.9. The van der Waals surface area contributed by atoms with Crippen molar-refractivity contribution in [1.29, 1.82) is 0 Å². The maximum Gasteiger partial charge on any atom is 0.254 e. The van der Waals surface area contributed by atoms with Crippen LogP contribution in [-0.2, 0) is 6.42 Å². The number of thiophene rings is 1. The Kier molecular flexibility index (Phi) is 4.55. The van der Waals surface area contributed by atoms with E-state index in [-0.39, 0.29) is 17.5 Å². The number of hydrogen-bond donors (Lipinski definition) is 1. The van der Waals surface area contributed by atoms with Crippen LogP contribution in [0.4, 0.5) is 4.39 Å². The molecule has 1 unspecified atom stereocenters. The average Bonchev–Trinajstić information content (AvgIpc) is 2.77. The summed E-state index contributed by atoms with van der Waals surface area (Å²) < 4.78 is 13.9. The van der Waals surface area contributed by atoms with Crippen LogP contribution in [0, 0.1) is 19.7 Å². The van der Waals surface area contributed by atoms with Crippen LogP contribution in [-0.4, -0.2) is 11.9 Å². The van der Waals surface area contributed by atoms with Crippen LogP contribution in [0.15, 0.2) is 30.3 Å². The third-order valence-electron chi connectivity index (χ3n) is 3.12. The Morgan fingerprint density at radius 1 is 1.30 bits per heavy atom. The highest BCUT2D eigenvalue weighted by atomic mass is 32.1.